The number of carbonyl (C=O) groups is 2. The number of piperidine rings is 1. The molecule has 1 saturated carbocycles. The van der Waals surface area contributed by atoms with Crippen LogP contribution in [0.4, 0.5) is 0 Å². The fourth-order valence-corrected chi connectivity index (χ4v) is 4.74. The van der Waals surface area contributed by atoms with Crippen LogP contribution in [-0.4, -0.2) is 49.2 Å². The minimum Gasteiger partial charge on any atom is -0.493 e. The molecule has 2 unspecified atom stereocenters. The zero-order valence-electron chi connectivity index (χ0n) is 16.4. The minimum absolute atomic E-state index is 0.0602. The van der Waals surface area contributed by atoms with Gasteiger partial charge in [-0.1, -0.05) is 25.8 Å². The summed E-state index contributed by atoms with van der Waals surface area (Å²) in [7, 11) is 3.18. The van der Waals surface area contributed by atoms with Crippen molar-refractivity contribution in [3.63, 3.8) is 0 Å². The van der Waals surface area contributed by atoms with Crippen molar-refractivity contribution in [3.05, 3.63) is 23.8 Å². The fraction of sp³-hybridized carbons (Fsp3) is 0.619. The van der Waals surface area contributed by atoms with Crippen LogP contribution in [0.5, 0.6) is 11.5 Å². The summed E-state index contributed by atoms with van der Waals surface area (Å²) in [6.45, 7) is 2.94. The quantitative estimate of drug-likeness (QED) is 0.856. The molecule has 148 valence electrons. The first-order chi connectivity index (χ1) is 12.9. The van der Waals surface area contributed by atoms with Crippen molar-refractivity contribution in [1.82, 2.24) is 4.90 Å². The molecule has 0 bridgehead atoms. The lowest BCUT2D eigenvalue weighted by Crippen LogP contribution is -2.52. The van der Waals surface area contributed by atoms with Crippen LogP contribution in [0.3, 0.4) is 0 Å². The van der Waals surface area contributed by atoms with Crippen molar-refractivity contribution >= 4 is 11.9 Å². The first-order valence-electron chi connectivity index (χ1n) is 9.66. The number of carbonyl (C=O) groups excluding carboxylic acids is 1. The van der Waals surface area contributed by atoms with Crippen LogP contribution < -0.4 is 9.47 Å². The first-order valence-corrected chi connectivity index (χ1v) is 9.66. The van der Waals surface area contributed by atoms with E-state index in [0.717, 1.165) is 31.2 Å². The van der Waals surface area contributed by atoms with Crippen molar-refractivity contribution in [2.24, 2.45) is 11.8 Å². The maximum atomic E-state index is 13.7. The van der Waals surface area contributed by atoms with Gasteiger partial charge in [-0.25, -0.2) is 0 Å². The van der Waals surface area contributed by atoms with Crippen LogP contribution >= 0.6 is 0 Å². The normalized spacial score (nSPS) is 24.5. The molecule has 1 heterocycles. The number of nitrogens with zero attached hydrogens (tertiary/aromatic N) is 1. The largest absolute Gasteiger partial charge is 0.493 e. The highest BCUT2D eigenvalue weighted by Gasteiger charge is 2.47. The lowest BCUT2D eigenvalue weighted by molar-refractivity contribution is -0.148. The molecule has 1 amide bonds. The number of carboxylic acid groups (broad SMARTS) is 1. The molecule has 1 aliphatic heterocycles. The van der Waals surface area contributed by atoms with Gasteiger partial charge in [-0.3, -0.25) is 9.59 Å². The van der Waals surface area contributed by atoms with Gasteiger partial charge in [0.15, 0.2) is 11.5 Å². The Balaban J connectivity index is 1.95. The summed E-state index contributed by atoms with van der Waals surface area (Å²) in [4.78, 5) is 27.0. The Bertz CT molecular complexity index is 711. The number of ether oxygens (including phenoxy) is 2. The van der Waals surface area contributed by atoms with E-state index >= 15 is 0 Å². The maximum Gasteiger partial charge on any atom is 0.308 e. The Labute approximate surface area is 160 Å². The standard InChI is InChI=1S/C21H29NO5/c1-14-10-15(19(23)24)13-22(12-14)20(25)21(8-4-5-9-21)16-6-7-17(26-2)18(11-16)27-3/h6-7,11,14-15H,4-5,8-10,12-13H2,1-3H3,(H,23,24). The van der Waals surface area contributed by atoms with Gasteiger partial charge in [-0.15, -0.1) is 0 Å². The number of carboxylic acids is 1. The molecule has 27 heavy (non-hydrogen) atoms. The lowest BCUT2D eigenvalue weighted by Gasteiger charge is -2.40. The highest BCUT2D eigenvalue weighted by Crippen LogP contribution is 2.45. The Morgan fingerprint density at radius 3 is 2.37 bits per heavy atom. The minimum atomic E-state index is -0.814. The van der Waals surface area contributed by atoms with E-state index in [1.165, 1.54) is 0 Å². The molecule has 6 nitrogen and oxygen atoms in total. The summed E-state index contributed by atoms with van der Waals surface area (Å²) in [5, 5.41) is 9.46. The van der Waals surface area contributed by atoms with Crippen molar-refractivity contribution in [2.45, 2.75) is 44.4 Å². The summed E-state index contributed by atoms with van der Waals surface area (Å²) in [6, 6.07) is 5.71. The molecule has 2 fully saturated rings. The molecule has 1 N–H and O–H groups in total. The summed E-state index contributed by atoms with van der Waals surface area (Å²) in [6.07, 6.45) is 4.17. The fourth-order valence-electron chi connectivity index (χ4n) is 4.74. The summed E-state index contributed by atoms with van der Waals surface area (Å²) >= 11 is 0. The molecule has 1 aromatic rings. The number of hydrogen-bond donors (Lipinski definition) is 1. The molecule has 0 aromatic heterocycles. The van der Waals surface area contributed by atoms with Gasteiger partial charge in [0.1, 0.15) is 0 Å². The topological polar surface area (TPSA) is 76.1 Å². The van der Waals surface area contributed by atoms with Crippen molar-refractivity contribution < 1.29 is 24.2 Å². The molecule has 1 aliphatic carbocycles. The molecular formula is C21H29NO5. The molecule has 0 spiro atoms. The highest BCUT2D eigenvalue weighted by molar-refractivity contribution is 5.89. The molecule has 6 heteroatoms. The van der Waals surface area contributed by atoms with Gasteiger partial charge in [0, 0.05) is 13.1 Å². The number of likely N-dealkylation sites (tertiary alicyclic amines) is 1. The van der Waals surface area contributed by atoms with E-state index < -0.39 is 17.3 Å². The number of aliphatic carboxylic acids is 1. The van der Waals surface area contributed by atoms with Gasteiger partial charge in [0.25, 0.3) is 0 Å². The molecule has 1 saturated heterocycles. The molecule has 0 radical (unpaired) electrons. The van der Waals surface area contributed by atoms with E-state index in [1.54, 1.807) is 19.1 Å². The molecule has 3 rings (SSSR count). The zero-order valence-corrected chi connectivity index (χ0v) is 16.4. The summed E-state index contributed by atoms with van der Waals surface area (Å²) in [5.74, 6) is 0.203. The third-order valence-corrected chi connectivity index (χ3v) is 6.10. The van der Waals surface area contributed by atoms with E-state index in [1.807, 2.05) is 25.1 Å². The smallest absolute Gasteiger partial charge is 0.308 e. The Kier molecular flexibility index (Phi) is 5.63. The van der Waals surface area contributed by atoms with Crippen LogP contribution in [-0.2, 0) is 15.0 Å². The summed E-state index contributed by atoms with van der Waals surface area (Å²) in [5.41, 5.74) is 0.340. The second kappa shape index (κ2) is 7.79. The van der Waals surface area contributed by atoms with E-state index in [2.05, 4.69) is 0 Å². The average molecular weight is 375 g/mol. The van der Waals surface area contributed by atoms with Crippen molar-refractivity contribution in [2.75, 3.05) is 27.3 Å². The summed E-state index contributed by atoms with van der Waals surface area (Å²) < 4.78 is 10.8. The lowest BCUT2D eigenvalue weighted by atomic mass is 9.76. The van der Waals surface area contributed by atoms with Gasteiger partial charge >= 0.3 is 5.97 Å². The van der Waals surface area contributed by atoms with Crippen molar-refractivity contribution in [3.8, 4) is 11.5 Å². The van der Waals surface area contributed by atoms with E-state index in [4.69, 9.17) is 9.47 Å². The predicted molar refractivity (Wildman–Crippen MR) is 101 cm³/mol. The SMILES string of the molecule is COc1ccc(C2(C(=O)N3CC(C)CC(C(=O)O)C3)CCCC2)cc1OC. The number of benzene rings is 1. The van der Waals surface area contributed by atoms with Crippen LogP contribution in [0.15, 0.2) is 18.2 Å². The number of hydrogen-bond acceptors (Lipinski definition) is 4. The van der Waals surface area contributed by atoms with Crippen molar-refractivity contribution in [1.29, 1.82) is 0 Å². The van der Waals surface area contributed by atoms with Crippen LogP contribution in [0.1, 0.15) is 44.6 Å². The Morgan fingerprint density at radius 1 is 1.11 bits per heavy atom. The van der Waals surface area contributed by atoms with Crippen LogP contribution in [0.25, 0.3) is 0 Å². The molecule has 1 aromatic carbocycles. The second-order valence-electron chi connectivity index (χ2n) is 7.95. The third-order valence-electron chi connectivity index (χ3n) is 6.10. The third kappa shape index (κ3) is 3.62. The van der Waals surface area contributed by atoms with Crippen LogP contribution in [0, 0.1) is 11.8 Å². The molecule has 2 aliphatic rings. The van der Waals surface area contributed by atoms with Gasteiger partial charge in [0.2, 0.25) is 5.91 Å². The number of amides is 1. The second-order valence-corrected chi connectivity index (χ2v) is 7.95. The van der Waals surface area contributed by atoms with Crippen LogP contribution in [0.2, 0.25) is 0 Å². The average Bonchev–Trinajstić information content (AvgIpc) is 3.17. The first kappa shape index (κ1) is 19.5. The van der Waals surface area contributed by atoms with E-state index in [-0.39, 0.29) is 11.8 Å². The monoisotopic (exact) mass is 375 g/mol. The van der Waals surface area contributed by atoms with Gasteiger partial charge in [0.05, 0.1) is 25.6 Å². The zero-order chi connectivity index (χ0) is 19.6. The Morgan fingerprint density at radius 2 is 1.78 bits per heavy atom. The number of methoxy groups -OCH3 is 2. The maximum absolute atomic E-state index is 13.7. The molecular weight excluding hydrogens is 346 g/mol. The predicted octanol–water partition coefficient (Wildman–Crippen LogP) is 3.08. The van der Waals surface area contributed by atoms with Gasteiger partial charge in [-0.05, 0) is 42.9 Å². The van der Waals surface area contributed by atoms with E-state index in [9.17, 15) is 14.7 Å². The van der Waals surface area contributed by atoms with Gasteiger partial charge in [-0.2, -0.15) is 0 Å². The highest BCUT2D eigenvalue weighted by atomic mass is 16.5. The van der Waals surface area contributed by atoms with Gasteiger partial charge < -0.3 is 19.5 Å². The van der Waals surface area contributed by atoms with E-state index in [0.29, 0.717) is 31.0 Å². The number of rotatable bonds is 5. The molecule has 2 atom stereocenters. The Hall–Kier alpha value is -2.24.